The molecular formula is C20H24N2O3. The number of aromatic nitrogens is 1. The minimum Gasteiger partial charge on any atom is -0.488 e. The van der Waals surface area contributed by atoms with Gasteiger partial charge in [0.2, 0.25) is 5.91 Å². The van der Waals surface area contributed by atoms with Crippen LogP contribution in [0.15, 0.2) is 42.6 Å². The molecule has 5 nitrogen and oxygen atoms in total. The Kier molecular flexibility index (Phi) is 5.66. The van der Waals surface area contributed by atoms with E-state index in [1.165, 1.54) is 0 Å². The van der Waals surface area contributed by atoms with E-state index in [1.54, 1.807) is 6.20 Å². The number of carbonyl (C=O) groups excluding carboxylic acids is 1. The molecule has 1 amide bonds. The maximum absolute atomic E-state index is 12.1. The van der Waals surface area contributed by atoms with Gasteiger partial charge in [0.05, 0.1) is 12.5 Å². The number of aliphatic hydroxyl groups excluding tert-OH is 1. The van der Waals surface area contributed by atoms with Crippen molar-refractivity contribution in [1.29, 1.82) is 0 Å². The quantitative estimate of drug-likeness (QED) is 0.876. The third-order valence-electron chi connectivity index (χ3n) is 4.43. The number of aryl methyl sites for hydroxylation is 1. The molecule has 0 unspecified atom stereocenters. The van der Waals surface area contributed by atoms with Crippen molar-refractivity contribution in [2.24, 2.45) is 0 Å². The highest BCUT2D eigenvalue weighted by molar-refractivity contribution is 5.92. The van der Waals surface area contributed by atoms with Crippen molar-refractivity contribution >= 4 is 11.6 Å². The van der Waals surface area contributed by atoms with E-state index in [4.69, 9.17) is 4.74 Å². The van der Waals surface area contributed by atoms with Crippen LogP contribution < -0.4 is 10.1 Å². The van der Waals surface area contributed by atoms with Crippen LogP contribution in [-0.2, 0) is 11.2 Å². The zero-order chi connectivity index (χ0) is 17.6. The van der Waals surface area contributed by atoms with E-state index < -0.39 is 6.10 Å². The van der Waals surface area contributed by atoms with Crippen molar-refractivity contribution in [3.63, 3.8) is 0 Å². The second kappa shape index (κ2) is 8.12. The number of benzene rings is 1. The first kappa shape index (κ1) is 17.4. The van der Waals surface area contributed by atoms with Gasteiger partial charge in [-0.2, -0.15) is 0 Å². The molecule has 1 aromatic heterocycles. The molecule has 0 saturated heterocycles. The number of amides is 1. The fourth-order valence-corrected chi connectivity index (χ4v) is 3.00. The largest absolute Gasteiger partial charge is 0.488 e. The molecule has 25 heavy (non-hydrogen) atoms. The Balaban J connectivity index is 1.53. The summed E-state index contributed by atoms with van der Waals surface area (Å²) in [7, 11) is 0. The van der Waals surface area contributed by atoms with Crippen LogP contribution >= 0.6 is 0 Å². The molecule has 132 valence electrons. The Morgan fingerprint density at radius 3 is 2.64 bits per heavy atom. The summed E-state index contributed by atoms with van der Waals surface area (Å²) in [5.41, 5.74) is 2.54. The van der Waals surface area contributed by atoms with Crippen molar-refractivity contribution in [2.75, 3.05) is 5.32 Å². The Morgan fingerprint density at radius 2 is 1.96 bits per heavy atom. The van der Waals surface area contributed by atoms with Crippen LogP contribution in [0, 0.1) is 6.92 Å². The van der Waals surface area contributed by atoms with E-state index >= 15 is 0 Å². The van der Waals surface area contributed by atoms with Gasteiger partial charge in [-0.25, -0.2) is 0 Å². The maximum Gasteiger partial charge on any atom is 0.228 e. The number of nitrogens with one attached hydrogen (secondary N) is 1. The molecule has 2 atom stereocenters. The molecule has 0 aliphatic heterocycles. The van der Waals surface area contributed by atoms with E-state index in [0.717, 1.165) is 42.6 Å². The summed E-state index contributed by atoms with van der Waals surface area (Å²) in [5, 5.41) is 12.8. The average Bonchev–Trinajstić information content (AvgIpc) is 2.61. The fraction of sp³-hybridized carbons (Fsp3) is 0.400. The lowest BCUT2D eigenvalue weighted by atomic mass is 9.95. The number of hydrogen-bond acceptors (Lipinski definition) is 4. The minimum atomic E-state index is -0.392. The molecule has 5 heteroatoms. The summed E-state index contributed by atoms with van der Waals surface area (Å²) in [6.07, 6.45) is 5.31. The van der Waals surface area contributed by atoms with Gasteiger partial charge in [-0.15, -0.1) is 0 Å². The summed E-state index contributed by atoms with van der Waals surface area (Å²) in [6, 6.07) is 11.1. The Labute approximate surface area is 148 Å². The number of nitrogens with zero attached hydrogens (tertiary/aromatic N) is 1. The van der Waals surface area contributed by atoms with Crippen molar-refractivity contribution < 1.29 is 14.6 Å². The van der Waals surface area contributed by atoms with Gasteiger partial charge in [-0.05, 0) is 62.1 Å². The van der Waals surface area contributed by atoms with Crippen LogP contribution in [0.1, 0.15) is 36.9 Å². The molecular weight excluding hydrogens is 316 g/mol. The van der Waals surface area contributed by atoms with Crippen molar-refractivity contribution in [3.05, 3.63) is 53.9 Å². The van der Waals surface area contributed by atoms with Gasteiger partial charge in [0, 0.05) is 17.6 Å². The number of ether oxygens (including phenoxy) is 1. The lowest BCUT2D eigenvalue weighted by molar-refractivity contribution is -0.115. The molecule has 1 aliphatic carbocycles. The number of anilines is 1. The molecule has 3 rings (SSSR count). The number of pyridine rings is 1. The predicted molar refractivity (Wildman–Crippen MR) is 96.6 cm³/mol. The Hall–Kier alpha value is -2.40. The Bertz CT molecular complexity index is 698. The van der Waals surface area contributed by atoms with Gasteiger partial charge in [-0.3, -0.25) is 9.78 Å². The van der Waals surface area contributed by atoms with Gasteiger partial charge in [0.1, 0.15) is 11.9 Å². The first-order valence-corrected chi connectivity index (χ1v) is 8.76. The van der Waals surface area contributed by atoms with Crippen LogP contribution in [0.5, 0.6) is 5.75 Å². The lowest BCUT2D eigenvalue weighted by Crippen LogP contribution is -2.34. The zero-order valence-electron chi connectivity index (χ0n) is 14.4. The normalized spacial score (nSPS) is 20.1. The zero-order valence-corrected chi connectivity index (χ0v) is 14.4. The molecule has 2 N–H and O–H groups in total. The summed E-state index contributed by atoms with van der Waals surface area (Å²) < 4.78 is 5.86. The van der Waals surface area contributed by atoms with E-state index in [9.17, 15) is 9.90 Å². The van der Waals surface area contributed by atoms with Crippen LogP contribution in [0.3, 0.4) is 0 Å². The second-order valence-corrected chi connectivity index (χ2v) is 6.57. The SMILES string of the molecule is Cc1ccc(CC(=O)Nc2ccc(O[C@H]3CCCC[C@H]3O)cc2)cn1. The van der Waals surface area contributed by atoms with Crippen LogP contribution in [0.4, 0.5) is 5.69 Å². The molecule has 1 aromatic carbocycles. The molecule has 0 radical (unpaired) electrons. The average molecular weight is 340 g/mol. The fourth-order valence-electron chi connectivity index (χ4n) is 3.00. The van der Waals surface area contributed by atoms with E-state index in [2.05, 4.69) is 10.3 Å². The van der Waals surface area contributed by atoms with Crippen LogP contribution in [0.2, 0.25) is 0 Å². The van der Waals surface area contributed by atoms with E-state index in [1.807, 2.05) is 43.3 Å². The molecule has 2 aromatic rings. The summed E-state index contributed by atoms with van der Waals surface area (Å²) in [5.74, 6) is 0.633. The van der Waals surface area contributed by atoms with Crippen LogP contribution in [0.25, 0.3) is 0 Å². The highest BCUT2D eigenvalue weighted by Gasteiger charge is 2.24. The molecule has 0 spiro atoms. The number of aliphatic hydroxyl groups is 1. The lowest BCUT2D eigenvalue weighted by Gasteiger charge is -2.28. The molecule has 1 fully saturated rings. The van der Waals surface area contributed by atoms with E-state index in [0.29, 0.717) is 12.2 Å². The maximum atomic E-state index is 12.1. The molecule has 0 bridgehead atoms. The number of rotatable bonds is 5. The standard InChI is InChI=1S/C20H24N2O3/c1-14-6-7-15(13-21-14)12-20(24)22-16-8-10-17(11-9-16)25-19-5-3-2-4-18(19)23/h6-11,13,18-19,23H,2-5,12H2,1H3,(H,22,24)/t18-,19+/m1/s1. The van der Waals surface area contributed by atoms with Crippen LogP contribution in [-0.4, -0.2) is 28.2 Å². The highest BCUT2D eigenvalue weighted by atomic mass is 16.5. The topological polar surface area (TPSA) is 71.5 Å². The van der Waals surface area contributed by atoms with Crippen molar-refractivity contribution in [1.82, 2.24) is 4.98 Å². The smallest absolute Gasteiger partial charge is 0.228 e. The van der Waals surface area contributed by atoms with Crippen molar-refractivity contribution in [3.8, 4) is 5.75 Å². The monoisotopic (exact) mass is 340 g/mol. The minimum absolute atomic E-state index is 0.0815. The first-order valence-electron chi connectivity index (χ1n) is 8.76. The Morgan fingerprint density at radius 1 is 1.20 bits per heavy atom. The van der Waals surface area contributed by atoms with E-state index in [-0.39, 0.29) is 12.0 Å². The van der Waals surface area contributed by atoms with Gasteiger partial charge in [0.25, 0.3) is 0 Å². The van der Waals surface area contributed by atoms with Gasteiger partial charge in [-0.1, -0.05) is 12.5 Å². The molecule has 1 heterocycles. The third kappa shape index (κ3) is 5.03. The molecule has 1 saturated carbocycles. The van der Waals surface area contributed by atoms with Gasteiger partial charge >= 0.3 is 0 Å². The summed E-state index contributed by atoms with van der Waals surface area (Å²) in [6.45, 7) is 1.92. The van der Waals surface area contributed by atoms with Gasteiger partial charge < -0.3 is 15.2 Å². The summed E-state index contributed by atoms with van der Waals surface area (Å²) in [4.78, 5) is 16.3. The molecule has 1 aliphatic rings. The predicted octanol–water partition coefficient (Wildman–Crippen LogP) is 3.25. The number of carbonyl (C=O) groups is 1. The number of hydrogen-bond donors (Lipinski definition) is 2. The second-order valence-electron chi connectivity index (χ2n) is 6.57. The third-order valence-corrected chi connectivity index (χ3v) is 4.43. The highest BCUT2D eigenvalue weighted by Crippen LogP contribution is 2.25. The first-order chi connectivity index (χ1) is 12.1. The summed E-state index contributed by atoms with van der Waals surface area (Å²) >= 11 is 0. The van der Waals surface area contributed by atoms with Gasteiger partial charge in [0.15, 0.2) is 0 Å². The van der Waals surface area contributed by atoms with Crippen molar-refractivity contribution in [2.45, 2.75) is 51.2 Å².